The molecule has 4 rings (SSSR count). The molecule has 0 unspecified atom stereocenters. The third-order valence-corrected chi connectivity index (χ3v) is 6.57. The van der Waals surface area contributed by atoms with Crippen LogP contribution in [0, 0.1) is 5.82 Å². The van der Waals surface area contributed by atoms with Crippen LogP contribution >= 0.6 is 0 Å². The molecule has 1 fully saturated rings. The number of carbonyl (C=O) groups is 2. The number of amides is 2. The summed E-state index contributed by atoms with van der Waals surface area (Å²) in [5, 5.41) is 22.5. The Labute approximate surface area is 213 Å². The van der Waals surface area contributed by atoms with Gasteiger partial charge in [-0.3, -0.25) is 19.4 Å². The molecule has 2 amide bonds. The van der Waals surface area contributed by atoms with Gasteiger partial charge >= 0.3 is 0 Å². The van der Waals surface area contributed by atoms with Crippen molar-refractivity contribution in [1.82, 2.24) is 19.8 Å². The van der Waals surface area contributed by atoms with Crippen molar-refractivity contribution in [2.45, 2.75) is 45.1 Å². The Balaban J connectivity index is 1.72. The van der Waals surface area contributed by atoms with Crippen LogP contribution in [0.3, 0.4) is 0 Å². The first-order valence-corrected chi connectivity index (χ1v) is 12.5. The van der Waals surface area contributed by atoms with Gasteiger partial charge in [0.2, 0.25) is 5.91 Å². The van der Waals surface area contributed by atoms with Crippen molar-refractivity contribution in [3.63, 3.8) is 0 Å². The Hall–Kier alpha value is -3.79. The second kappa shape index (κ2) is 12.0. The molecule has 0 atom stereocenters. The highest BCUT2D eigenvalue weighted by Crippen LogP contribution is 2.26. The summed E-state index contributed by atoms with van der Waals surface area (Å²) >= 11 is 0. The Kier molecular flexibility index (Phi) is 8.50. The molecule has 9 nitrogen and oxygen atoms in total. The molecule has 0 aliphatic carbocycles. The van der Waals surface area contributed by atoms with Crippen molar-refractivity contribution in [2.24, 2.45) is 0 Å². The lowest BCUT2D eigenvalue weighted by Crippen LogP contribution is -2.40. The van der Waals surface area contributed by atoms with E-state index in [0.717, 1.165) is 24.0 Å². The molecule has 0 saturated carbocycles. The van der Waals surface area contributed by atoms with Crippen LogP contribution in [0.4, 0.5) is 4.39 Å². The number of benzene rings is 1. The number of fused-ring (bicyclic) bond motifs is 1. The number of halogens is 1. The summed E-state index contributed by atoms with van der Waals surface area (Å²) < 4.78 is 14.7. The van der Waals surface area contributed by atoms with Crippen LogP contribution in [0.5, 0.6) is 5.75 Å². The average molecular weight is 511 g/mol. The number of piperidine rings is 1. The molecule has 10 heteroatoms. The van der Waals surface area contributed by atoms with Crippen molar-refractivity contribution < 1.29 is 24.2 Å². The topological polar surface area (TPSA) is 125 Å². The van der Waals surface area contributed by atoms with Crippen LogP contribution in [-0.2, 0) is 17.8 Å². The number of pyridine rings is 2. The monoisotopic (exact) mass is 510 g/mol. The molecule has 2 aromatic heterocycles. The molecule has 3 N–H and O–H groups in total. The fraction of sp³-hybridized carbons (Fsp3) is 0.407. The largest absolute Gasteiger partial charge is 0.505 e. The predicted octanol–water partition coefficient (Wildman–Crippen LogP) is 2.35. The molecule has 3 heterocycles. The minimum atomic E-state index is -0.720. The standard InChI is InChI=1S/C27H31FN4O5/c28-20-8-6-18(7-9-20)15-19-16-21-24(30-17-19)25(35)23(26(36)29-10-2-4-14-33)27(37)32(21)13-12-31-11-3-1-5-22(31)34/h6-9,16-17,33,35H,1-5,10-15H2,(H,29,36). The molecule has 1 aliphatic heterocycles. The van der Waals surface area contributed by atoms with Gasteiger partial charge in [0.25, 0.3) is 11.5 Å². The molecule has 0 spiro atoms. The lowest BCUT2D eigenvalue weighted by Gasteiger charge is -2.27. The molecule has 3 aromatic rings. The van der Waals surface area contributed by atoms with Gasteiger partial charge in [-0.2, -0.15) is 0 Å². The lowest BCUT2D eigenvalue weighted by molar-refractivity contribution is -0.133. The second-order valence-electron chi connectivity index (χ2n) is 9.22. The first-order valence-electron chi connectivity index (χ1n) is 12.5. The van der Waals surface area contributed by atoms with Crippen molar-refractivity contribution >= 4 is 22.8 Å². The summed E-state index contributed by atoms with van der Waals surface area (Å²) in [5.41, 5.74) is 0.965. The van der Waals surface area contributed by atoms with E-state index in [9.17, 15) is 23.9 Å². The lowest BCUT2D eigenvalue weighted by atomic mass is 10.1. The van der Waals surface area contributed by atoms with Gasteiger partial charge in [0.05, 0.1) is 5.52 Å². The number of unbranched alkanes of at least 4 members (excludes halogenated alkanes) is 1. The third kappa shape index (κ3) is 6.14. The van der Waals surface area contributed by atoms with Crippen LogP contribution in [0.15, 0.2) is 41.3 Å². The van der Waals surface area contributed by atoms with Gasteiger partial charge < -0.3 is 25.0 Å². The highest BCUT2D eigenvalue weighted by Gasteiger charge is 2.24. The van der Waals surface area contributed by atoms with E-state index in [1.165, 1.54) is 16.7 Å². The summed E-state index contributed by atoms with van der Waals surface area (Å²) in [6.45, 7) is 1.26. The molecule has 1 saturated heterocycles. The number of carbonyl (C=O) groups excluding carboxylic acids is 2. The van der Waals surface area contributed by atoms with Crippen molar-refractivity contribution in [2.75, 3.05) is 26.2 Å². The Morgan fingerprint density at radius 2 is 1.86 bits per heavy atom. The van der Waals surface area contributed by atoms with Gasteiger partial charge in [0, 0.05) is 45.4 Å². The van der Waals surface area contributed by atoms with E-state index < -0.39 is 22.8 Å². The summed E-state index contributed by atoms with van der Waals surface area (Å²) in [5.74, 6) is -1.53. The Morgan fingerprint density at radius 3 is 2.59 bits per heavy atom. The number of nitrogens with zero attached hydrogens (tertiary/aromatic N) is 3. The zero-order chi connectivity index (χ0) is 26.4. The van der Waals surface area contributed by atoms with Gasteiger partial charge in [-0.05, 0) is 61.4 Å². The minimum absolute atomic E-state index is 0.0106. The van der Waals surface area contributed by atoms with Gasteiger partial charge in [-0.25, -0.2) is 4.39 Å². The molecule has 1 aromatic carbocycles. The molecule has 196 valence electrons. The van der Waals surface area contributed by atoms with E-state index in [0.29, 0.717) is 44.3 Å². The van der Waals surface area contributed by atoms with E-state index >= 15 is 0 Å². The molecule has 0 radical (unpaired) electrons. The number of hydrogen-bond acceptors (Lipinski definition) is 6. The van der Waals surface area contributed by atoms with Gasteiger partial charge in [0.15, 0.2) is 5.75 Å². The SMILES string of the molecule is O=C(NCCCCO)c1c(O)c2ncc(Cc3ccc(F)cc3)cc2n(CCN2CCCCC2=O)c1=O. The number of rotatable bonds is 10. The predicted molar refractivity (Wildman–Crippen MR) is 136 cm³/mol. The number of hydrogen-bond donors (Lipinski definition) is 3. The molecular formula is C27H31FN4O5. The van der Waals surface area contributed by atoms with Crippen LogP contribution in [0.1, 0.15) is 53.6 Å². The fourth-order valence-corrected chi connectivity index (χ4v) is 4.55. The minimum Gasteiger partial charge on any atom is -0.505 e. The highest BCUT2D eigenvalue weighted by molar-refractivity contribution is 6.01. The summed E-state index contributed by atoms with van der Waals surface area (Å²) in [6, 6.07) is 7.79. The smallest absolute Gasteiger partial charge is 0.267 e. The Bertz CT molecular complexity index is 1340. The van der Waals surface area contributed by atoms with Crippen molar-refractivity contribution in [3.8, 4) is 5.75 Å². The molecular weight excluding hydrogens is 479 g/mol. The van der Waals surface area contributed by atoms with Crippen molar-refractivity contribution in [1.29, 1.82) is 0 Å². The summed E-state index contributed by atoms with van der Waals surface area (Å²) in [7, 11) is 0. The molecule has 0 bridgehead atoms. The number of likely N-dealkylation sites (tertiary alicyclic amines) is 1. The maximum absolute atomic E-state index is 13.5. The second-order valence-corrected chi connectivity index (χ2v) is 9.22. The quantitative estimate of drug-likeness (QED) is 0.360. The molecule has 1 aliphatic rings. The number of nitrogens with one attached hydrogen (secondary N) is 1. The van der Waals surface area contributed by atoms with Crippen LogP contribution in [-0.4, -0.2) is 62.7 Å². The van der Waals surface area contributed by atoms with E-state index in [1.54, 1.807) is 29.3 Å². The van der Waals surface area contributed by atoms with Crippen LogP contribution in [0.2, 0.25) is 0 Å². The van der Waals surface area contributed by atoms with Crippen LogP contribution < -0.4 is 10.9 Å². The number of aromatic nitrogens is 2. The van der Waals surface area contributed by atoms with E-state index in [2.05, 4.69) is 10.3 Å². The number of aliphatic hydroxyl groups excluding tert-OH is 1. The van der Waals surface area contributed by atoms with E-state index in [-0.39, 0.29) is 36.9 Å². The highest BCUT2D eigenvalue weighted by atomic mass is 19.1. The summed E-state index contributed by atoms with van der Waals surface area (Å²) in [4.78, 5) is 44.8. The first-order chi connectivity index (χ1) is 17.9. The maximum Gasteiger partial charge on any atom is 0.267 e. The van der Waals surface area contributed by atoms with Gasteiger partial charge in [0.1, 0.15) is 16.9 Å². The van der Waals surface area contributed by atoms with E-state index in [4.69, 9.17) is 5.11 Å². The van der Waals surface area contributed by atoms with Crippen LogP contribution in [0.25, 0.3) is 11.0 Å². The number of aromatic hydroxyl groups is 1. The fourth-order valence-electron chi connectivity index (χ4n) is 4.55. The van der Waals surface area contributed by atoms with Gasteiger partial charge in [-0.15, -0.1) is 0 Å². The maximum atomic E-state index is 13.5. The zero-order valence-corrected chi connectivity index (χ0v) is 20.6. The molecule has 37 heavy (non-hydrogen) atoms. The first kappa shape index (κ1) is 26.3. The normalized spacial score (nSPS) is 13.8. The zero-order valence-electron chi connectivity index (χ0n) is 20.6. The number of aliphatic hydroxyl groups is 1. The van der Waals surface area contributed by atoms with E-state index in [1.807, 2.05) is 0 Å². The Morgan fingerprint density at radius 1 is 1.08 bits per heavy atom. The third-order valence-electron chi connectivity index (χ3n) is 6.57. The summed E-state index contributed by atoms with van der Waals surface area (Å²) in [6.07, 6.45) is 5.20. The van der Waals surface area contributed by atoms with Gasteiger partial charge in [-0.1, -0.05) is 12.1 Å². The van der Waals surface area contributed by atoms with Crippen molar-refractivity contribution in [3.05, 3.63) is 69.4 Å². The average Bonchev–Trinajstić information content (AvgIpc) is 2.89.